The maximum atomic E-state index is 13.2. The lowest BCUT2D eigenvalue weighted by molar-refractivity contribution is -0.145. The zero-order chi connectivity index (χ0) is 22.9. The van der Waals surface area contributed by atoms with E-state index in [-0.39, 0.29) is 29.3 Å². The molecule has 2 aromatic heterocycles. The van der Waals surface area contributed by atoms with Crippen molar-refractivity contribution in [1.29, 1.82) is 5.26 Å². The molecule has 170 valence electrons. The third-order valence-electron chi connectivity index (χ3n) is 6.03. The van der Waals surface area contributed by atoms with Crippen molar-refractivity contribution >= 4 is 17.7 Å². The van der Waals surface area contributed by atoms with Gasteiger partial charge < -0.3 is 23.5 Å². The molecule has 9 heteroatoms. The predicted octanol–water partition coefficient (Wildman–Crippen LogP) is 2.74. The van der Waals surface area contributed by atoms with Gasteiger partial charge in [0.25, 0.3) is 5.89 Å². The maximum Gasteiger partial charge on any atom is 0.266 e. The Morgan fingerprint density at radius 2 is 1.91 bits per heavy atom. The smallest absolute Gasteiger partial charge is 0.266 e. The minimum absolute atomic E-state index is 0.0986. The molecule has 0 saturated carbocycles. The quantitative estimate of drug-likeness (QED) is 0.724. The van der Waals surface area contributed by atoms with Crippen LogP contribution in [0.4, 0.5) is 5.88 Å². The highest BCUT2D eigenvalue weighted by Crippen LogP contribution is 2.30. The molecule has 2 aromatic rings. The van der Waals surface area contributed by atoms with Crippen LogP contribution >= 0.6 is 0 Å². The van der Waals surface area contributed by atoms with Gasteiger partial charge >= 0.3 is 0 Å². The van der Waals surface area contributed by atoms with Crippen molar-refractivity contribution in [2.45, 2.75) is 33.6 Å². The van der Waals surface area contributed by atoms with E-state index in [1.165, 1.54) is 6.26 Å². The van der Waals surface area contributed by atoms with Crippen LogP contribution in [0.2, 0.25) is 0 Å². The Balaban J connectivity index is 1.38. The molecule has 2 aliphatic heterocycles. The lowest BCUT2D eigenvalue weighted by Gasteiger charge is -2.40. The van der Waals surface area contributed by atoms with Gasteiger partial charge in [0.2, 0.25) is 23.4 Å². The molecule has 2 saturated heterocycles. The van der Waals surface area contributed by atoms with Crippen molar-refractivity contribution in [2.75, 3.05) is 44.2 Å². The number of hydrogen-bond acceptors (Lipinski definition) is 7. The summed E-state index contributed by atoms with van der Waals surface area (Å²) >= 11 is 0. The van der Waals surface area contributed by atoms with Crippen LogP contribution in [0.25, 0.3) is 11.7 Å². The molecule has 32 heavy (non-hydrogen) atoms. The Labute approximate surface area is 187 Å². The molecule has 2 aliphatic rings. The first-order valence-corrected chi connectivity index (χ1v) is 11.1. The fourth-order valence-corrected chi connectivity index (χ4v) is 4.33. The number of carbonyl (C=O) groups excluding carboxylic acids is 2. The highest BCUT2D eigenvalue weighted by Gasteiger charge is 2.36. The number of nitriles is 1. The molecular weight excluding hydrogens is 410 g/mol. The van der Waals surface area contributed by atoms with Gasteiger partial charge in [-0.25, -0.2) is 0 Å². The summed E-state index contributed by atoms with van der Waals surface area (Å²) < 4.78 is 11.1. The average Bonchev–Trinajstić information content (AvgIpc) is 3.47. The van der Waals surface area contributed by atoms with Crippen molar-refractivity contribution < 1.29 is 18.4 Å². The summed E-state index contributed by atoms with van der Waals surface area (Å²) in [7, 11) is 0. The molecule has 4 heterocycles. The average molecular weight is 440 g/mol. The van der Waals surface area contributed by atoms with Crippen LogP contribution in [0.5, 0.6) is 0 Å². The molecule has 0 aromatic carbocycles. The number of amides is 2. The van der Waals surface area contributed by atoms with E-state index >= 15 is 0 Å². The van der Waals surface area contributed by atoms with Gasteiger partial charge in [-0.05, 0) is 25.0 Å². The van der Waals surface area contributed by atoms with Crippen LogP contribution in [0.3, 0.4) is 0 Å². The molecule has 0 radical (unpaired) electrons. The number of furan rings is 1. The predicted molar refractivity (Wildman–Crippen MR) is 116 cm³/mol. The largest absolute Gasteiger partial charge is 0.459 e. The highest BCUT2D eigenvalue weighted by molar-refractivity contribution is 5.84. The van der Waals surface area contributed by atoms with E-state index in [4.69, 9.17) is 8.83 Å². The van der Waals surface area contributed by atoms with Crippen LogP contribution in [-0.2, 0) is 9.59 Å². The van der Waals surface area contributed by atoms with E-state index in [0.717, 1.165) is 12.8 Å². The van der Waals surface area contributed by atoms with E-state index in [2.05, 4.69) is 11.1 Å². The van der Waals surface area contributed by atoms with Gasteiger partial charge in [-0.3, -0.25) is 9.59 Å². The molecule has 0 aliphatic carbocycles. The number of likely N-dealkylation sites (tertiary alicyclic amines) is 1. The van der Waals surface area contributed by atoms with E-state index < -0.39 is 5.41 Å². The molecule has 1 atom stereocenters. The summed E-state index contributed by atoms with van der Waals surface area (Å²) in [5, 5.41) is 9.47. The van der Waals surface area contributed by atoms with Crippen LogP contribution in [0.1, 0.15) is 39.3 Å². The number of hydrogen-bond donors (Lipinski definition) is 0. The third kappa shape index (κ3) is 4.35. The zero-order valence-electron chi connectivity index (χ0n) is 18.8. The van der Waals surface area contributed by atoms with Crippen LogP contribution in [0, 0.1) is 22.7 Å². The number of carbonyl (C=O) groups is 2. The lowest BCUT2D eigenvalue weighted by Crippen LogP contribution is -2.54. The van der Waals surface area contributed by atoms with Crippen LogP contribution in [-0.4, -0.2) is 65.9 Å². The lowest BCUT2D eigenvalue weighted by atomic mass is 9.90. The van der Waals surface area contributed by atoms with Gasteiger partial charge in [-0.2, -0.15) is 10.2 Å². The number of piperazine rings is 1. The third-order valence-corrected chi connectivity index (χ3v) is 6.03. The van der Waals surface area contributed by atoms with Crippen molar-refractivity contribution in [2.24, 2.45) is 11.3 Å². The fourth-order valence-electron chi connectivity index (χ4n) is 4.33. The van der Waals surface area contributed by atoms with Gasteiger partial charge in [0.05, 0.1) is 12.2 Å². The summed E-state index contributed by atoms with van der Waals surface area (Å²) in [5.41, 5.74) is -0.236. The first kappa shape index (κ1) is 21.9. The summed E-state index contributed by atoms with van der Waals surface area (Å²) in [6.07, 6.45) is 3.18. The molecule has 2 amide bonds. The highest BCUT2D eigenvalue weighted by atomic mass is 16.4. The first-order chi connectivity index (χ1) is 15.3. The van der Waals surface area contributed by atoms with Crippen LogP contribution < -0.4 is 4.90 Å². The monoisotopic (exact) mass is 439 g/mol. The minimum Gasteiger partial charge on any atom is -0.459 e. The summed E-state index contributed by atoms with van der Waals surface area (Å²) in [6, 6.07) is 5.54. The topological polar surface area (TPSA) is 107 Å². The Kier molecular flexibility index (Phi) is 5.96. The number of anilines is 1. The standard InChI is InChI=1S/C23H29N5O4/c1-23(2,3)22(30)28-8-4-6-16(15-28)20(29)26-9-11-27(12-10-26)21-17(14-24)25-19(32-21)18-7-5-13-31-18/h5,7,13,16H,4,6,8-12,15H2,1-3H3. The van der Waals surface area contributed by atoms with E-state index in [9.17, 15) is 14.9 Å². The zero-order valence-corrected chi connectivity index (χ0v) is 18.8. The molecule has 1 unspecified atom stereocenters. The maximum absolute atomic E-state index is 13.2. The number of rotatable bonds is 3. The number of nitrogens with zero attached hydrogens (tertiary/aromatic N) is 5. The van der Waals surface area contributed by atoms with Crippen molar-refractivity contribution in [1.82, 2.24) is 14.8 Å². The number of piperidine rings is 1. The molecule has 0 bridgehead atoms. The number of oxazole rings is 1. The van der Waals surface area contributed by atoms with E-state index in [1.54, 1.807) is 12.1 Å². The normalized spacial score (nSPS) is 19.7. The van der Waals surface area contributed by atoms with Gasteiger partial charge in [-0.15, -0.1) is 0 Å². The van der Waals surface area contributed by atoms with Gasteiger partial charge in [0.1, 0.15) is 6.07 Å². The Bertz CT molecular complexity index is 1010. The van der Waals surface area contributed by atoms with Gasteiger partial charge in [-0.1, -0.05) is 20.8 Å². The summed E-state index contributed by atoms with van der Waals surface area (Å²) in [4.78, 5) is 35.7. The fraction of sp³-hybridized carbons (Fsp3) is 0.565. The van der Waals surface area contributed by atoms with Gasteiger partial charge in [0.15, 0.2) is 5.76 Å². The Hall–Kier alpha value is -3.28. The molecule has 9 nitrogen and oxygen atoms in total. The first-order valence-electron chi connectivity index (χ1n) is 11.1. The molecule has 2 fully saturated rings. The van der Waals surface area contributed by atoms with Crippen LogP contribution in [0.15, 0.2) is 27.2 Å². The SMILES string of the molecule is CC(C)(C)C(=O)N1CCCC(C(=O)N2CCN(c3oc(-c4ccco4)nc3C#N)CC2)C1. The van der Waals surface area contributed by atoms with Crippen molar-refractivity contribution in [3.63, 3.8) is 0 Å². The minimum atomic E-state index is -0.444. The van der Waals surface area contributed by atoms with Crippen molar-refractivity contribution in [3.05, 3.63) is 24.1 Å². The molecule has 0 N–H and O–H groups in total. The Morgan fingerprint density at radius 3 is 2.53 bits per heavy atom. The van der Waals surface area contributed by atoms with Gasteiger partial charge in [0, 0.05) is 44.7 Å². The summed E-state index contributed by atoms with van der Waals surface area (Å²) in [5.74, 6) is 1.18. The van der Waals surface area contributed by atoms with Crippen molar-refractivity contribution in [3.8, 4) is 17.7 Å². The van der Waals surface area contributed by atoms with E-state index in [1.807, 2.05) is 35.5 Å². The second-order valence-corrected chi connectivity index (χ2v) is 9.41. The second kappa shape index (κ2) is 8.69. The number of aromatic nitrogens is 1. The molecule has 0 spiro atoms. The molecular formula is C23H29N5O4. The Morgan fingerprint density at radius 1 is 1.16 bits per heavy atom. The second-order valence-electron chi connectivity index (χ2n) is 9.41. The summed E-state index contributed by atoms with van der Waals surface area (Å²) in [6.45, 7) is 9.10. The molecule has 4 rings (SSSR count). The van der Waals surface area contributed by atoms with E-state index in [0.29, 0.717) is 50.9 Å².